The van der Waals surface area contributed by atoms with Gasteiger partial charge in [-0.3, -0.25) is 4.72 Å². The Labute approximate surface area is 107 Å². The Kier molecular flexibility index (Phi) is 3.21. The number of sulfonamides is 1. The summed E-state index contributed by atoms with van der Waals surface area (Å²) < 4.78 is 38.9. The van der Waals surface area contributed by atoms with Crippen LogP contribution in [0.3, 0.4) is 0 Å². The highest BCUT2D eigenvalue weighted by Crippen LogP contribution is 2.18. The van der Waals surface area contributed by atoms with Crippen molar-refractivity contribution in [1.29, 1.82) is 0 Å². The predicted molar refractivity (Wildman–Crippen MR) is 62.8 cm³/mol. The standard InChI is InChI=1S/C10H8FN3O4S/c11-8-2-1-6(3-7(8)10(15)16)14-19(17,18)9-4-12-5-13-9/h1-5,14H,(H,12,13)(H,15,16). The SMILES string of the molecule is O=C(O)c1cc(NS(=O)(=O)c2cnc[nH]2)ccc1F. The topological polar surface area (TPSA) is 112 Å². The number of benzene rings is 1. The molecular formula is C10H8FN3O4S. The highest BCUT2D eigenvalue weighted by atomic mass is 32.2. The quantitative estimate of drug-likeness (QED) is 0.777. The summed E-state index contributed by atoms with van der Waals surface area (Å²) in [6, 6.07) is 2.88. The average molecular weight is 285 g/mol. The summed E-state index contributed by atoms with van der Waals surface area (Å²) >= 11 is 0. The fourth-order valence-corrected chi connectivity index (χ4v) is 2.31. The number of halogens is 1. The van der Waals surface area contributed by atoms with E-state index in [4.69, 9.17) is 5.11 Å². The van der Waals surface area contributed by atoms with Gasteiger partial charge in [-0.2, -0.15) is 8.42 Å². The van der Waals surface area contributed by atoms with Crippen LogP contribution in [0.4, 0.5) is 10.1 Å². The molecule has 2 aromatic rings. The highest BCUT2D eigenvalue weighted by molar-refractivity contribution is 7.92. The van der Waals surface area contributed by atoms with E-state index in [1.807, 2.05) is 0 Å². The largest absolute Gasteiger partial charge is 0.478 e. The first-order valence-corrected chi connectivity index (χ1v) is 6.42. The van der Waals surface area contributed by atoms with E-state index in [0.29, 0.717) is 0 Å². The van der Waals surface area contributed by atoms with Crippen molar-refractivity contribution in [1.82, 2.24) is 9.97 Å². The maximum atomic E-state index is 13.2. The minimum absolute atomic E-state index is 0.0617. The third-order valence-electron chi connectivity index (χ3n) is 2.21. The first-order valence-electron chi connectivity index (χ1n) is 4.94. The van der Waals surface area contributed by atoms with Crippen molar-refractivity contribution in [2.75, 3.05) is 4.72 Å². The van der Waals surface area contributed by atoms with Crippen LogP contribution in [-0.4, -0.2) is 29.5 Å². The van der Waals surface area contributed by atoms with Crippen LogP contribution in [0.2, 0.25) is 0 Å². The molecule has 0 unspecified atom stereocenters. The van der Waals surface area contributed by atoms with Crippen molar-refractivity contribution >= 4 is 21.7 Å². The number of aromatic amines is 1. The fourth-order valence-electron chi connectivity index (χ4n) is 1.35. The van der Waals surface area contributed by atoms with Gasteiger partial charge in [0.15, 0.2) is 5.03 Å². The lowest BCUT2D eigenvalue weighted by molar-refractivity contribution is 0.0692. The molecule has 1 aromatic heterocycles. The number of nitrogens with zero attached hydrogens (tertiary/aromatic N) is 1. The van der Waals surface area contributed by atoms with E-state index in [0.717, 1.165) is 24.4 Å². The molecule has 0 spiro atoms. The minimum Gasteiger partial charge on any atom is -0.478 e. The Balaban J connectivity index is 2.35. The number of anilines is 1. The van der Waals surface area contributed by atoms with Crippen LogP contribution >= 0.6 is 0 Å². The second-order valence-corrected chi connectivity index (χ2v) is 5.17. The lowest BCUT2D eigenvalue weighted by Crippen LogP contribution is -2.14. The van der Waals surface area contributed by atoms with E-state index in [1.54, 1.807) is 0 Å². The monoisotopic (exact) mass is 285 g/mol. The van der Waals surface area contributed by atoms with E-state index in [2.05, 4.69) is 14.7 Å². The van der Waals surface area contributed by atoms with Gasteiger partial charge in [0.05, 0.1) is 18.1 Å². The Bertz CT molecular complexity index is 712. The second-order valence-electron chi connectivity index (χ2n) is 3.52. The number of carboxylic acids is 1. The van der Waals surface area contributed by atoms with Crippen LogP contribution in [0, 0.1) is 5.82 Å². The number of H-pyrrole nitrogens is 1. The van der Waals surface area contributed by atoms with E-state index in [1.165, 1.54) is 6.33 Å². The molecule has 0 aliphatic heterocycles. The maximum Gasteiger partial charge on any atom is 0.338 e. The van der Waals surface area contributed by atoms with Gasteiger partial charge in [0.1, 0.15) is 5.82 Å². The number of carboxylic acid groups (broad SMARTS) is 1. The van der Waals surface area contributed by atoms with Crippen LogP contribution < -0.4 is 4.72 Å². The summed E-state index contributed by atoms with van der Waals surface area (Å²) in [4.78, 5) is 16.7. The van der Waals surface area contributed by atoms with Crippen molar-refractivity contribution < 1.29 is 22.7 Å². The van der Waals surface area contributed by atoms with E-state index >= 15 is 0 Å². The van der Waals surface area contributed by atoms with Gasteiger partial charge in [0.2, 0.25) is 0 Å². The molecule has 2 rings (SSSR count). The maximum absolute atomic E-state index is 13.2. The Hall–Kier alpha value is -2.42. The highest BCUT2D eigenvalue weighted by Gasteiger charge is 2.17. The molecule has 100 valence electrons. The average Bonchev–Trinajstić information content (AvgIpc) is 2.85. The molecule has 7 nitrogen and oxygen atoms in total. The van der Waals surface area contributed by atoms with Gasteiger partial charge < -0.3 is 10.1 Å². The number of nitrogens with one attached hydrogen (secondary N) is 2. The molecule has 9 heteroatoms. The summed E-state index contributed by atoms with van der Waals surface area (Å²) in [6.07, 6.45) is 2.27. The van der Waals surface area contributed by atoms with E-state index < -0.39 is 27.4 Å². The van der Waals surface area contributed by atoms with Gasteiger partial charge in [-0.05, 0) is 18.2 Å². The molecule has 0 fully saturated rings. The smallest absolute Gasteiger partial charge is 0.338 e. The molecule has 0 saturated carbocycles. The molecule has 1 aromatic carbocycles. The summed E-state index contributed by atoms with van der Waals surface area (Å²) in [7, 11) is -3.91. The second kappa shape index (κ2) is 4.69. The first-order chi connectivity index (χ1) is 8.90. The van der Waals surface area contributed by atoms with Crippen LogP contribution in [0.15, 0.2) is 35.7 Å². The zero-order valence-electron chi connectivity index (χ0n) is 9.29. The molecule has 0 aliphatic carbocycles. The third kappa shape index (κ3) is 2.71. The zero-order chi connectivity index (χ0) is 14.0. The number of imidazole rings is 1. The van der Waals surface area contributed by atoms with E-state index in [9.17, 15) is 17.6 Å². The number of carbonyl (C=O) groups is 1. The minimum atomic E-state index is -3.91. The lowest BCUT2D eigenvalue weighted by Gasteiger charge is -2.07. The predicted octanol–water partition coefficient (Wildman–Crippen LogP) is 1.05. The molecule has 0 saturated heterocycles. The Morgan fingerprint density at radius 3 is 2.74 bits per heavy atom. The molecule has 0 bridgehead atoms. The van der Waals surface area contributed by atoms with Crippen molar-refractivity contribution in [3.05, 3.63) is 42.1 Å². The number of hydrogen-bond donors (Lipinski definition) is 3. The van der Waals surface area contributed by atoms with Crippen molar-refractivity contribution in [2.24, 2.45) is 0 Å². The zero-order valence-corrected chi connectivity index (χ0v) is 10.1. The van der Waals surface area contributed by atoms with Gasteiger partial charge in [0, 0.05) is 5.69 Å². The summed E-state index contributed by atoms with van der Waals surface area (Å²) in [5.41, 5.74) is -0.682. The molecular weight excluding hydrogens is 277 g/mol. The molecule has 0 aliphatic rings. The van der Waals surface area contributed by atoms with Gasteiger partial charge in [0.25, 0.3) is 10.0 Å². The molecule has 3 N–H and O–H groups in total. The van der Waals surface area contributed by atoms with Gasteiger partial charge in [-0.1, -0.05) is 0 Å². The van der Waals surface area contributed by atoms with E-state index in [-0.39, 0.29) is 10.7 Å². The summed E-state index contributed by atoms with van der Waals surface area (Å²) in [6.45, 7) is 0. The number of hydrogen-bond acceptors (Lipinski definition) is 4. The molecule has 0 atom stereocenters. The molecule has 0 radical (unpaired) electrons. The van der Waals surface area contributed by atoms with Crippen LogP contribution in [-0.2, 0) is 10.0 Å². The number of aromatic nitrogens is 2. The Morgan fingerprint density at radius 2 is 2.16 bits per heavy atom. The van der Waals surface area contributed by atoms with Crippen LogP contribution in [0.5, 0.6) is 0 Å². The molecule has 19 heavy (non-hydrogen) atoms. The van der Waals surface area contributed by atoms with Crippen LogP contribution in [0.1, 0.15) is 10.4 Å². The normalized spacial score (nSPS) is 11.2. The number of aromatic carboxylic acids is 1. The number of rotatable bonds is 4. The van der Waals surface area contributed by atoms with Gasteiger partial charge in [-0.25, -0.2) is 14.2 Å². The molecule has 0 amide bonds. The van der Waals surface area contributed by atoms with Gasteiger partial charge in [-0.15, -0.1) is 0 Å². The fraction of sp³-hybridized carbons (Fsp3) is 0. The van der Waals surface area contributed by atoms with Crippen molar-refractivity contribution in [3.63, 3.8) is 0 Å². The lowest BCUT2D eigenvalue weighted by atomic mass is 10.2. The third-order valence-corrected chi connectivity index (χ3v) is 3.52. The van der Waals surface area contributed by atoms with Crippen LogP contribution in [0.25, 0.3) is 0 Å². The first kappa shape index (κ1) is 13.0. The van der Waals surface area contributed by atoms with Crippen molar-refractivity contribution in [2.45, 2.75) is 5.03 Å². The van der Waals surface area contributed by atoms with Crippen molar-refractivity contribution in [3.8, 4) is 0 Å². The van der Waals surface area contributed by atoms with Gasteiger partial charge >= 0.3 is 5.97 Å². The summed E-state index contributed by atoms with van der Waals surface area (Å²) in [5.74, 6) is -2.43. The molecule has 1 heterocycles. The summed E-state index contributed by atoms with van der Waals surface area (Å²) in [5, 5.41) is 8.55. The Morgan fingerprint density at radius 1 is 1.42 bits per heavy atom.